The average molecular weight is 333 g/mol. The van der Waals surface area contributed by atoms with Crippen molar-refractivity contribution in [1.82, 2.24) is 4.90 Å². The van der Waals surface area contributed by atoms with Gasteiger partial charge in [0.1, 0.15) is 5.60 Å². The molecule has 24 heavy (non-hydrogen) atoms. The van der Waals surface area contributed by atoms with E-state index in [1.807, 2.05) is 31.7 Å². The van der Waals surface area contributed by atoms with E-state index in [1.165, 1.54) is 5.56 Å². The molecule has 2 rings (SSSR count). The predicted octanol–water partition coefficient (Wildman–Crippen LogP) is 4.03. The minimum Gasteiger partial charge on any atom is -0.444 e. The van der Waals surface area contributed by atoms with Crippen molar-refractivity contribution in [2.75, 3.05) is 24.1 Å². The minimum atomic E-state index is -0.466. The maximum atomic E-state index is 12.4. The number of anilines is 2. The van der Waals surface area contributed by atoms with Crippen LogP contribution in [0.15, 0.2) is 18.2 Å². The molecule has 0 aliphatic carbocycles. The minimum absolute atomic E-state index is 0.189. The van der Waals surface area contributed by atoms with Gasteiger partial charge in [-0.15, -0.1) is 0 Å². The number of amides is 1. The Labute approximate surface area is 145 Å². The summed E-state index contributed by atoms with van der Waals surface area (Å²) in [6, 6.07) is 6.30. The van der Waals surface area contributed by atoms with Gasteiger partial charge < -0.3 is 20.7 Å². The van der Waals surface area contributed by atoms with E-state index in [2.05, 4.69) is 24.4 Å². The molecule has 0 spiro atoms. The molecule has 1 aliphatic rings. The van der Waals surface area contributed by atoms with Gasteiger partial charge in [-0.05, 0) is 64.2 Å². The van der Waals surface area contributed by atoms with E-state index in [0.29, 0.717) is 6.54 Å². The first-order valence-corrected chi connectivity index (χ1v) is 8.91. The van der Waals surface area contributed by atoms with Crippen molar-refractivity contribution in [3.05, 3.63) is 23.8 Å². The molecule has 1 aromatic rings. The van der Waals surface area contributed by atoms with E-state index in [0.717, 1.165) is 43.6 Å². The van der Waals surface area contributed by atoms with Gasteiger partial charge in [0.25, 0.3) is 0 Å². The lowest BCUT2D eigenvalue weighted by Crippen LogP contribution is -2.42. The largest absolute Gasteiger partial charge is 0.444 e. The smallest absolute Gasteiger partial charge is 0.410 e. The monoisotopic (exact) mass is 333 g/mol. The number of hydrogen-bond donors (Lipinski definition) is 2. The number of rotatable bonds is 3. The fraction of sp³-hybridized carbons (Fsp3) is 0.632. The van der Waals surface area contributed by atoms with Crippen LogP contribution >= 0.6 is 0 Å². The van der Waals surface area contributed by atoms with Crippen LogP contribution in [0.2, 0.25) is 0 Å². The van der Waals surface area contributed by atoms with Crippen molar-refractivity contribution in [1.29, 1.82) is 0 Å². The van der Waals surface area contributed by atoms with Crippen LogP contribution in [0.25, 0.3) is 0 Å². The van der Waals surface area contributed by atoms with Gasteiger partial charge >= 0.3 is 6.09 Å². The maximum absolute atomic E-state index is 12.4. The number of carbonyl (C=O) groups excluding carboxylic acids is 1. The zero-order chi connectivity index (χ0) is 17.7. The number of ether oxygens (including phenoxy) is 1. The Morgan fingerprint density at radius 2 is 2.12 bits per heavy atom. The quantitative estimate of drug-likeness (QED) is 0.820. The molecule has 1 aliphatic heterocycles. The molecular weight excluding hydrogens is 302 g/mol. The summed E-state index contributed by atoms with van der Waals surface area (Å²) in [5.41, 5.74) is 8.61. The number of hydrogen-bond acceptors (Lipinski definition) is 4. The van der Waals surface area contributed by atoms with Gasteiger partial charge in [-0.1, -0.05) is 13.0 Å². The number of aryl methyl sites for hydroxylation is 1. The molecule has 1 aromatic carbocycles. The third kappa shape index (κ3) is 5.32. The summed E-state index contributed by atoms with van der Waals surface area (Å²) in [6.45, 7) is 9.22. The molecule has 1 saturated heterocycles. The third-order valence-corrected chi connectivity index (χ3v) is 4.21. The van der Waals surface area contributed by atoms with Crippen molar-refractivity contribution < 1.29 is 9.53 Å². The van der Waals surface area contributed by atoms with Crippen LogP contribution < -0.4 is 11.1 Å². The van der Waals surface area contributed by atoms with Gasteiger partial charge in [0, 0.05) is 19.1 Å². The second kappa shape index (κ2) is 7.77. The molecule has 1 amide bonds. The van der Waals surface area contributed by atoms with Gasteiger partial charge in [0.15, 0.2) is 0 Å². The lowest BCUT2D eigenvalue weighted by atomic mass is 10.1. The first-order chi connectivity index (χ1) is 11.3. The highest BCUT2D eigenvalue weighted by molar-refractivity contribution is 5.69. The van der Waals surface area contributed by atoms with Crippen LogP contribution in [0.3, 0.4) is 0 Å². The third-order valence-electron chi connectivity index (χ3n) is 4.21. The summed E-state index contributed by atoms with van der Waals surface area (Å²) in [4.78, 5) is 14.2. The number of likely N-dealkylation sites (tertiary alicyclic amines) is 1. The van der Waals surface area contributed by atoms with Crippen LogP contribution in [-0.4, -0.2) is 35.7 Å². The van der Waals surface area contributed by atoms with E-state index in [1.54, 1.807) is 0 Å². The van der Waals surface area contributed by atoms with Crippen LogP contribution in [0, 0.1) is 0 Å². The fourth-order valence-corrected chi connectivity index (χ4v) is 2.92. The summed E-state index contributed by atoms with van der Waals surface area (Å²) in [5, 5.41) is 3.54. The zero-order valence-corrected chi connectivity index (χ0v) is 15.4. The summed E-state index contributed by atoms with van der Waals surface area (Å²) < 4.78 is 5.53. The Kier molecular flexibility index (Phi) is 5.97. The first-order valence-electron chi connectivity index (χ1n) is 8.91. The molecule has 5 nitrogen and oxygen atoms in total. The number of carbonyl (C=O) groups is 1. The lowest BCUT2D eigenvalue weighted by molar-refractivity contribution is 0.0252. The Morgan fingerprint density at radius 3 is 2.79 bits per heavy atom. The molecular formula is C19H31N3O2. The molecule has 0 aromatic heterocycles. The normalized spacial score (nSPS) is 18.8. The molecule has 0 saturated carbocycles. The number of nitrogens with one attached hydrogen (secondary N) is 1. The summed E-state index contributed by atoms with van der Waals surface area (Å²) >= 11 is 0. The number of nitrogens with two attached hydrogens (primary N) is 1. The molecule has 1 heterocycles. The Balaban J connectivity index is 2.06. The summed E-state index contributed by atoms with van der Waals surface area (Å²) in [7, 11) is 0. The van der Waals surface area contributed by atoms with Crippen molar-refractivity contribution >= 4 is 17.5 Å². The molecule has 0 radical (unpaired) electrons. The Morgan fingerprint density at radius 1 is 1.38 bits per heavy atom. The second-order valence-corrected chi connectivity index (χ2v) is 7.54. The summed E-state index contributed by atoms with van der Waals surface area (Å²) in [6.07, 6.45) is 3.86. The topological polar surface area (TPSA) is 67.6 Å². The van der Waals surface area contributed by atoms with Gasteiger partial charge in [-0.25, -0.2) is 4.79 Å². The second-order valence-electron chi connectivity index (χ2n) is 7.54. The van der Waals surface area contributed by atoms with Gasteiger partial charge in [-0.3, -0.25) is 0 Å². The Hall–Kier alpha value is -1.91. The molecule has 0 bridgehead atoms. The number of benzene rings is 1. The van der Waals surface area contributed by atoms with Crippen LogP contribution in [-0.2, 0) is 11.2 Å². The number of nitrogen functional groups attached to an aromatic ring is 1. The first kappa shape index (κ1) is 18.4. The average Bonchev–Trinajstić information content (AvgIpc) is 2.73. The van der Waals surface area contributed by atoms with Gasteiger partial charge in [0.05, 0.1) is 11.4 Å². The highest BCUT2D eigenvalue weighted by Gasteiger charge is 2.26. The molecule has 1 atom stereocenters. The highest BCUT2D eigenvalue weighted by Crippen LogP contribution is 2.24. The van der Waals surface area contributed by atoms with E-state index in [-0.39, 0.29) is 12.1 Å². The van der Waals surface area contributed by atoms with E-state index in [9.17, 15) is 4.79 Å². The van der Waals surface area contributed by atoms with Gasteiger partial charge in [0.2, 0.25) is 0 Å². The van der Waals surface area contributed by atoms with E-state index < -0.39 is 5.60 Å². The summed E-state index contributed by atoms with van der Waals surface area (Å²) in [5.74, 6) is 0. The van der Waals surface area contributed by atoms with Crippen molar-refractivity contribution in [3.8, 4) is 0 Å². The fourth-order valence-electron chi connectivity index (χ4n) is 2.92. The Bertz CT molecular complexity index is 566. The van der Waals surface area contributed by atoms with Crippen LogP contribution in [0.1, 0.15) is 52.5 Å². The van der Waals surface area contributed by atoms with Crippen molar-refractivity contribution in [2.45, 2.75) is 65.0 Å². The lowest BCUT2D eigenvalue weighted by Gasteiger charge is -2.29. The number of nitrogens with zero attached hydrogens (tertiary/aromatic N) is 1. The van der Waals surface area contributed by atoms with Crippen LogP contribution in [0.5, 0.6) is 0 Å². The zero-order valence-electron chi connectivity index (χ0n) is 15.4. The SMILES string of the molecule is CCc1ccc(N)c(N[C@@H]2CCCCN(C(=O)OC(C)(C)C)C2)c1. The molecule has 5 heteroatoms. The predicted molar refractivity (Wildman–Crippen MR) is 99.3 cm³/mol. The van der Waals surface area contributed by atoms with E-state index >= 15 is 0 Å². The van der Waals surface area contributed by atoms with E-state index in [4.69, 9.17) is 10.5 Å². The molecule has 134 valence electrons. The molecule has 0 unspecified atom stereocenters. The molecule has 1 fully saturated rings. The maximum Gasteiger partial charge on any atom is 0.410 e. The van der Waals surface area contributed by atoms with Crippen LogP contribution in [0.4, 0.5) is 16.2 Å². The van der Waals surface area contributed by atoms with Gasteiger partial charge in [-0.2, -0.15) is 0 Å². The van der Waals surface area contributed by atoms with Crippen molar-refractivity contribution in [2.24, 2.45) is 0 Å². The molecule has 3 N–H and O–H groups in total. The van der Waals surface area contributed by atoms with Crippen molar-refractivity contribution in [3.63, 3.8) is 0 Å². The standard InChI is InChI=1S/C19H31N3O2/c1-5-14-9-10-16(20)17(12-14)21-15-8-6-7-11-22(13-15)18(23)24-19(2,3)4/h9-10,12,15,21H,5-8,11,13,20H2,1-4H3/t15-/m1/s1. The highest BCUT2D eigenvalue weighted by atomic mass is 16.6.